The zero-order valence-corrected chi connectivity index (χ0v) is 10.7. The van der Waals surface area contributed by atoms with E-state index in [4.69, 9.17) is 16.2 Å². The lowest BCUT2D eigenvalue weighted by molar-refractivity contribution is 0.0996. The molecule has 0 radical (unpaired) electrons. The first kappa shape index (κ1) is 12.9. The molecular formula is C12H15N5O2. The first-order valence-electron chi connectivity index (χ1n) is 5.77. The molecule has 0 saturated carbocycles. The van der Waals surface area contributed by atoms with Gasteiger partial charge >= 0.3 is 0 Å². The molecule has 19 heavy (non-hydrogen) atoms. The van der Waals surface area contributed by atoms with Crippen LogP contribution in [0.3, 0.4) is 0 Å². The number of aromatic nitrogens is 3. The zero-order chi connectivity index (χ0) is 14.0. The minimum atomic E-state index is -0.710. The van der Waals surface area contributed by atoms with Crippen LogP contribution in [-0.4, -0.2) is 27.0 Å². The van der Waals surface area contributed by atoms with E-state index in [0.29, 0.717) is 11.4 Å². The third-order valence-electron chi connectivity index (χ3n) is 2.37. The van der Waals surface area contributed by atoms with Gasteiger partial charge in [-0.2, -0.15) is 4.68 Å². The zero-order valence-electron chi connectivity index (χ0n) is 10.7. The quantitative estimate of drug-likeness (QED) is 0.843. The van der Waals surface area contributed by atoms with Crippen LogP contribution in [0.1, 0.15) is 24.3 Å². The summed E-state index contributed by atoms with van der Waals surface area (Å²) < 4.78 is 6.92. The number of nitrogens with zero attached hydrogens (tertiary/aromatic N) is 3. The Labute approximate surface area is 110 Å². The number of ether oxygens (including phenoxy) is 1. The molecule has 2 rings (SSSR count). The van der Waals surface area contributed by atoms with Crippen molar-refractivity contribution in [3.63, 3.8) is 0 Å². The number of benzene rings is 1. The van der Waals surface area contributed by atoms with Crippen molar-refractivity contribution in [1.29, 1.82) is 0 Å². The van der Waals surface area contributed by atoms with E-state index in [1.807, 2.05) is 19.9 Å². The smallest absolute Gasteiger partial charge is 0.273 e. The minimum Gasteiger partial charge on any atom is -0.491 e. The molecule has 2 aromatic rings. The van der Waals surface area contributed by atoms with Gasteiger partial charge in [0.25, 0.3) is 5.91 Å². The van der Waals surface area contributed by atoms with Gasteiger partial charge in [-0.05, 0) is 26.0 Å². The van der Waals surface area contributed by atoms with E-state index in [-0.39, 0.29) is 17.6 Å². The molecule has 0 fully saturated rings. The van der Waals surface area contributed by atoms with Gasteiger partial charge in [-0.1, -0.05) is 11.3 Å². The molecule has 1 aromatic heterocycles. The highest BCUT2D eigenvalue weighted by atomic mass is 16.5. The summed E-state index contributed by atoms with van der Waals surface area (Å²) in [5, 5.41) is 7.47. The van der Waals surface area contributed by atoms with Crippen molar-refractivity contribution in [3.05, 3.63) is 30.0 Å². The van der Waals surface area contributed by atoms with E-state index in [2.05, 4.69) is 10.3 Å². The average molecular weight is 261 g/mol. The van der Waals surface area contributed by atoms with E-state index in [9.17, 15) is 4.79 Å². The van der Waals surface area contributed by atoms with Gasteiger partial charge in [0.15, 0.2) is 11.5 Å². The normalized spacial score (nSPS) is 10.7. The Morgan fingerprint density at radius 2 is 2.16 bits per heavy atom. The number of nitrogens with two attached hydrogens (primary N) is 2. The Kier molecular flexibility index (Phi) is 3.37. The molecule has 1 aromatic carbocycles. The van der Waals surface area contributed by atoms with Crippen LogP contribution >= 0.6 is 0 Å². The van der Waals surface area contributed by atoms with Crippen molar-refractivity contribution in [1.82, 2.24) is 15.0 Å². The van der Waals surface area contributed by atoms with E-state index in [1.54, 1.807) is 18.2 Å². The van der Waals surface area contributed by atoms with Crippen LogP contribution in [0, 0.1) is 0 Å². The largest absolute Gasteiger partial charge is 0.491 e. The molecule has 0 bridgehead atoms. The predicted octanol–water partition coefficient (Wildman–Crippen LogP) is 0.736. The molecule has 100 valence electrons. The summed E-state index contributed by atoms with van der Waals surface area (Å²) in [6, 6.07) is 7.17. The molecule has 0 spiro atoms. The Bertz CT molecular complexity index is 606. The van der Waals surface area contributed by atoms with Crippen molar-refractivity contribution in [2.45, 2.75) is 20.0 Å². The first-order valence-corrected chi connectivity index (χ1v) is 5.77. The second-order valence-corrected chi connectivity index (χ2v) is 4.26. The van der Waals surface area contributed by atoms with Crippen molar-refractivity contribution >= 4 is 11.7 Å². The highest BCUT2D eigenvalue weighted by Crippen LogP contribution is 2.20. The van der Waals surface area contributed by atoms with Crippen molar-refractivity contribution in [2.24, 2.45) is 5.73 Å². The molecule has 7 heteroatoms. The molecule has 0 aliphatic heterocycles. The Morgan fingerprint density at radius 3 is 2.74 bits per heavy atom. The summed E-state index contributed by atoms with van der Waals surface area (Å²) in [5.41, 5.74) is 11.5. The summed E-state index contributed by atoms with van der Waals surface area (Å²) in [4.78, 5) is 11.1. The molecule has 1 amide bonds. The molecule has 0 aliphatic carbocycles. The number of primary amides is 1. The number of rotatable bonds is 4. The molecule has 7 nitrogen and oxygen atoms in total. The molecule has 0 saturated heterocycles. The van der Waals surface area contributed by atoms with Gasteiger partial charge in [0, 0.05) is 6.07 Å². The summed E-state index contributed by atoms with van der Waals surface area (Å²) >= 11 is 0. The average Bonchev–Trinajstić information content (AvgIpc) is 2.70. The van der Waals surface area contributed by atoms with Gasteiger partial charge < -0.3 is 16.2 Å². The lowest BCUT2D eigenvalue weighted by Gasteiger charge is -2.11. The van der Waals surface area contributed by atoms with Gasteiger partial charge in [-0.3, -0.25) is 4.79 Å². The third-order valence-corrected chi connectivity index (χ3v) is 2.37. The van der Waals surface area contributed by atoms with Crippen LogP contribution in [0.2, 0.25) is 0 Å². The predicted molar refractivity (Wildman–Crippen MR) is 70.1 cm³/mol. The summed E-state index contributed by atoms with van der Waals surface area (Å²) in [7, 11) is 0. The molecule has 0 atom stereocenters. The Hall–Kier alpha value is -2.57. The Balaban J connectivity index is 2.39. The molecular weight excluding hydrogens is 246 g/mol. The van der Waals surface area contributed by atoms with E-state index in [0.717, 1.165) is 0 Å². The van der Waals surface area contributed by atoms with Crippen LogP contribution in [0.25, 0.3) is 5.69 Å². The highest BCUT2D eigenvalue weighted by Gasteiger charge is 2.15. The van der Waals surface area contributed by atoms with Gasteiger partial charge in [0.1, 0.15) is 5.75 Å². The van der Waals surface area contributed by atoms with Crippen LogP contribution in [0.5, 0.6) is 5.75 Å². The Morgan fingerprint density at radius 1 is 1.42 bits per heavy atom. The minimum absolute atomic E-state index is 0.0461. The van der Waals surface area contributed by atoms with Gasteiger partial charge in [-0.15, -0.1) is 5.10 Å². The number of anilines is 1. The highest BCUT2D eigenvalue weighted by molar-refractivity contribution is 5.95. The SMILES string of the molecule is CC(C)Oc1cccc(-n2nnc(C(N)=O)c2N)c1. The van der Waals surface area contributed by atoms with Crippen molar-refractivity contribution in [3.8, 4) is 11.4 Å². The van der Waals surface area contributed by atoms with E-state index >= 15 is 0 Å². The molecule has 0 unspecified atom stereocenters. The standard InChI is InChI=1S/C12H15N5O2/c1-7(2)19-9-5-3-4-8(6-9)17-11(13)10(12(14)18)15-16-17/h3-7H,13H2,1-2H3,(H2,14,18). The number of hydrogen-bond donors (Lipinski definition) is 2. The number of nitrogen functional groups attached to an aromatic ring is 1. The maximum atomic E-state index is 11.1. The number of carbonyl (C=O) groups is 1. The lowest BCUT2D eigenvalue weighted by Crippen LogP contribution is -2.14. The van der Waals surface area contributed by atoms with Gasteiger partial charge in [-0.25, -0.2) is 0 Å². The third kappa shape index (κ3) is 2.65. The van der Waals surface area contributed by atoms with Crippen molar-refractivity contribution in [2.75, 3.05) is 5.73 Å². The van der Waals surface area contributed by atoms with Crippen LogP contribution in [-0.2, 0) is 0 Å². The fourth-order valence-electron chi connectivity index (χ4n) is 1.62. The number of hydrogen-bond acceptors (Lipinski definition) is 5. The fraction of sp³-hybridized carbons (Fsp3) is 0.250. The lowest BCUT2D eigenvalue weighted by atomic mass is 10.3. The second kappa shape index (κ2) is 4.97. The van der Waals surface area contributed by atoms with E-state index < -0.39 is 5.91 Å². The number of carbonyl (C=O) groups excluding carboxylic acids is 1. The van der Waals surface area contributed by atoms with Gasteiger partial charge in [0.2, 0.25) is 0 Å². The molecule has 1 heterocycles. The monoisotopic (exact) mass is 261 g/mol. The maximum absolute atomic E-state index is 11.1. The van der Waals surface area contributed by atoms with Crippen LogP contribution in [0.4, 0.5) is 5.82 Å². The van der Waals surface area contributed by atoms with Crippen molar-refractivity contribution < 1.29 is 9.53 Å². The topological polar surface area (TPSA) is 109 Å². The number of amides is 1. The molecule has 4 N–H and O–H groups in total. The first-order chi connectivity index (χ1) is 8.99. The van der Waals surface area contributed by atoms with Crippen LogP contribution in [0.15, 0.2) is 24.3 Å². The summed E-state index contributed by atoms with van der Waals surface area (Å²) in [6.07, 6.45) is 0.0597. The second-order valence-electron chi connectivity index (χ2n) is 4.26. The summed E-state index contributed by atoms with van der Waals surface area (Å²) in [6.45, 7) is 3.86. The van der Waals surface area contributed by atoms with Crippen LogP contribution < -0.4 is 16.2 Å². The van der Waals surface area contributed by atoms with E-state index in [1.165, 1.54) is 4.68 Å². The fourth-order valence-corrected chi connectivity index (χ4v) is 1.62. The maximum Gasteiger partial charge on any atom is 0.273 e. The molecule has 0 aliphatic rings. The summed E-state index contributed by atoms with van der Waals surface area (Å²) in [5.74, 6) is 0.0792. The van der Waals surface area contributed by atoms with Gasteiger partial charge in [0.05, 0.1) is 11.8 Å².